The Kier molecular flexibility index (Phi) is 3.02. The number of hydrogen-bond acceptors (Lipinski definition) is 2. The summed E-state index contributed by atoms with van der Waals surface area (Å²) in [5.74, 6) is 0. The van der Waals surface area contributed by atoms with E-state index in [1.54, 1.807) is 7.11 Å². The van der Waals surface area contributed by atoms with Crippen molar-refractivity contribution < 1.29 is 4.74 Å². The highest BCUT2D eigenvalue weighted by Gasteiger charge is 2.00. The van der Waals surface area contributed by atoms with Crippen LogP contribution >= 0.6 is 22.6 Å². The first-order valence-corrected chi connectivity index (χ1v) is 5.49. The molecule has 0 atom stereocenters. The van der Waals surface area contributed by atoms with Gasteiger partial charge in [-0.05, 0) is 34.7 Å². The number of aromatic nitrogens is 2. The van der Waals surface area contributed by atoms with Crippen LogP contribution in [0.2, 0.25) is 0 Å². The van der Waals surface area contributed by atoms with Gasteiger partial charge in [-0.1, -0.05) is 6.07 Å². The Labute approximate surface area is 96.2 Å². The lowest BCUT2D eigenvalue weighted by atomic mass is 10.3. The molecule has 0 saturated carbocycles. The van der Waals surface area contributed by atoms with E-state index in [0.717, 1.165) is 12.1 Å². The van der Waals surface area contributed by atoms with Gasteiger partial charge in [-0.3, -0.25) is 4.68 Å². The summed E-state index contributed by atoms with van der Waals surface area (Å²) >= 11 is 2.29. The van der Waals surface area contributed by atoms with Gasteiger partial charge in [-0.15, -0.1) is 0 Å². The van der Waals surface area contributed by atoms with Crippen LogP contribution in [0.15, 0.2) is 24.4 Å². The maximum Gasteiger partial charge on any atom is 0.0933 e. The average Bonchev–Trinajstić information content (AvgIpc) is 2.56. The Morgan fingerprint density at radius 3 is 3.14 bits per heavy atom. The van der Waals surface area contributed by atoms with E-state index in [1.165, 1.54) is 8.96 Å². The quantitative estimate of drug-likeness (QED) is 0.813. The predicted octanol–water partition coefficient (Wildman–Crippen LogP) is 2.29. The highest BCUT2D eigenvalue weighted by molar-refractivity contribution is 14.1. The third kappa shape index (κ3) is 2.06. The summed E-state index contributed by atoms with van der Waals surface area (Å²) in [4.78, 5) is 0. The molecule has 0 N–H and O–H groups in total. The first kappa shape index (κ1) is 9.92. The maximum atomic E-state index is 5.00. The number of methoxy groups -OCH3 is 1. The Bertz CT molecular complexity index is 439. The molecule has 0 aliphatic carbocycles. The molecule has 0 radical (unpaired) electrons. The molecule has 3 nitrogen and oxygen atoms in total. The Morgan fingerprint density at radius 2 is 2.36 bits per heavy atom. The van der Waals surface area contributed by atoms with E-state index < -0.39 is 0 Å². The first-order chi connectivity index (χ1) is 6.79. The number of fused-ring (bicyclic) bond motifs is 1. The summed E-state index contributed by atoms with van der Waals surface area (Å²) in [6.45, 7) is 1.51. The average molecular weight is 302 g/mol. The van der Waals surface area contributed by atoms with Crippen molar-refractivity contribution in [3.8, 4) is 0 Å². The minimum absolute atomic E-state index is 0.699. The summed E-state index contributed by atoms with van der Waals surface area (Å²) in [5.41, 5.74) is 1.05. The Balaban J connectivity index is 2.32. The second kappa shape index (κ2) is 4.27. The third-order valence-corrected chi connectivity index (χ3v) is 2.71. The fourth-order valence-corrected chi connectivity index (χ4v) is 1.81. The van der Waals surface area contributed by atoms with Crippen LogP contribution in [-0.4, -0.2) is 23.5 Å². The zero-order valence-corrected chi connectivity index (χ0v) is 10.1. The van der Waals surface area contributed by atoms with Crippen molar-refractivity contribution >= 4 is 33.5 Å². The summed E-state index contributed by atoms with van der Waals surface area (Å²) < 4.78 is 8.14. The smallest absolute Gasteiger partial charge is 0.0933 e. The largest absolute Gasteiger partial charge is 0.383 e. The molecule has 2 aromatic rings. The van der Waals surface area contributed by atoms with Crippen LogP contribution in [0.25, 0.3) is 10.9 Å². The van der Waals surface area contributed by atoms with Crippen molar-refractivity contribution in [1.29, 1.82) is 0 Å². The monoisotopic (exact) mass is 302 g/mol. The zero-order valence-electron chi connectivity index (χ0n) is 7.90. The van der Waals surface area contributed by atoms with E-state index in [1.807, 2.05) is 10.9 Å². The number of ether oxygens (including phenoxy) is 1. The van der Waals surface area contributed by atoms with Gasteiger partial charge in [0, 0.05) is 22.3 Å². The fraction of sp³-hybridized carbons (Fsp3) is 0.300. The number of benzene rings is 1. The minimum atomic E-state index is 0.699. The molecule has 14 heavy (non-hydrogen) atoms. The topological polar surface area (TPSA) is 27.1 Å². The van der Waals surface area contributed by atoms with Gasteiger partial charge in [0.25, 0.3) is 0 Å². The number of halogens is 1. The molecule has 1 aromatic heterocycles. The van der Waals surface area contributed by atoms with E-state index in [-0.39, 0.29) is 0 Å². The van der Waals surface area contributed by atoms with Gasteiger partial charge in [0.1, 0.15) is 0 Å². The van der Waals surface area contributed by atoms with Gasteiger partial charge in [0.2, 0.25) is 0 Å². The van der Waals surface area contributed by atoms with Gasteiger partial charge in [-0.2, -0.15) is 5.10 Å². The Morgan fingerprint density at radius 1 is 1.50 bits per heavy atom. The highest BCUT2D eigenvalue weighted by Crippen LogP contribution is 2.15. The van der Waals surface area contributed by atoms with Gasteiger partial charge >= 0.3 is 0 Å². The summed E-state index contributed by atoms with van der Waals surface area (Å²) in [5, 5.41) is 5.62. The van der Waals surface area contributed by atoms with Crippen LogP contribution in [0.3, 0.4) is 0 Å². The zero-order chi connectivity index (χ0) is 9.97. The van der Waals surface area contributed by atoms with Gasteiger partial charge < -0.3 is 4.74 Å². The third-order valence-electron chi connectivity index (χ3n) is 2.04. The second-order valence-electron chi connectivity index (χ2n) is 3.09. The number of hydrogen-bond donors (Lipinski definition) is 0. The van der Waals surface area contributed by atoms with Crippen LogP contribution in [0.4, 0.5) is 0 Å². The van der Waals surface area contributed by atoms with Crippen LogP contribution in [0, 0.1) is 3.57 Å². The maximum absolute atomic E-state index is 5.00. The van der Waals surface area contributed by atoms with E-state index in [9.17, 15) is 0 Å². The lowest BCUT2D eigenvalue weighted by molar-refractivity contribution is 0.184. The fourth-order valence-electron chi connectivity index (χ4n) is 1.34. The standard InChI is InChI=1S/C10H11IN2O/c1-14-5-4-13-7-8-2-3-9(11)6-10(8)12-13/h2-3,6-7H,4-5H2,1H3. The predicted molar refractivity (Wildman–Crippen MR) is 64.3 cm³/mol. The lowest BCUT2D eigenvalue weighted by Crippen LogP contribution is -2.03. The van der Waals surface area contributed by atoms with Gasteiger partial charge in [0.15, 0.2) is 0 Å². The molecule has 1 heterocycles. The van der Waals surface area contributed by atoms with Crippen LogP contribution in [0.5, 0.6) is 0 Å². The van der Waals surface area contributed by atoms with E-state index in [2.05, 4.69) is 45.9 Å². The van der Waals surface area contributed by atoms with Gasteiger partial charge in [0.05, 0.1) is 18.7 Å². The van der Waals surface area contributed by atoms with Gasteiger partial charge in [-0.25, -0.2) is 0 Å². The number of nitrogens with zero attached hydrogens (tertiary/aromatic N) is 2. The lowest BCUT2D eigenvalue weighted by Gasteiger charge is -1.97. The molecule has 0 amide bonds. The molecule has 0 unspecified atom stereocenters. The molecule has 0 bridgehead atoms. The molecule has 0 aliphatic rings. The minimum Gasteiger partial charge on any atom is -0.383 e. The molecule has 2 rings (SSSR count). The van der Waals surface area contributed by atoms with Crippen molar-refractivity contribution in [2.75, 3.05) is 13.7 Å². The Hall–Kier alpha value is -0.620. The molecular weight excluding hydrogens is 291 g/mol. The molecule has 74 valence electrons. The summed E-state index contributed by atoms with van der Waals surface area (Å²) in [6.07, 6.45) is 2.05. The van der Waals surface area contributed by atoms with Crippen molar-refractivity contribution in [2.24, 2.45) is 0 Å². The van der Waals surface area contributed by atoms with E-state index in [0.29, 0.717) is 6.61 Å². The molecule has 0 aliphatic heterocycles. The van der Waals surface area contributed by atoms with Crippen molar-refractivity contribution in [3.63, 3.8) is 0 Å². The van der Waals surface area contributed by atoms with Crippen LogP contribution < -0.4 is 0 Å². The van der Waals surface area contributed by atoms with E-state index >= 15 is 0 Å². The molecule has 0 spiro atoms. The first-order valence-electron chi connectivity index (χ1n) is 4.41. The van der Waals surface area contributed by atoms with Crippen molar-refractivity contribution in [2.45, 2.75) is 6.54 Å². The van der Waals surface area contributed by atoms with Crippen molar-refractivity contribution in [1.82, 2.24) is 9.78 Å². The normalized spacial score (nSPS) is 11.0. The van der Waals surface area contributed by atoms with Crippen LogP contribution in [-0.2, 0) is 11.3 Å². The molecular formula is C10H11IN2O. The van der Waals surface area contributed by atoms with E-state index in [4.69, 9.17) is 4.74 Å². The molecule has 0 saturated heterocycles. The number of rotatable bonds is 3. The summed E-state index contributed by atoms with van der Waals surface area (Å²) in [6, 6.07) is 6.26. The second-order valence-corrected chi connectivity index (χ2v) is 4.33. The van der Waals surface area contributed by atoms with Crippen molar-refractivity contribution in [3.05, 3.63) is 28.0 Å². The summed E-state index contributed by atoms with van der Waals surface area (Å²) in [7, 11) is 1.70. The molecule has 4 heteroatoms. The SMILES string of the molecule is COCCn1cc2ccc(I)cc2n1. The highest BCUT2D eigenvalue weighted by atomic mass is 127. The molecule has 0 fully saturated rings. The van der Waals surface area contributed by atoms with Crippen LogP contribution in [0.1, 0.15) is 0 Å². The molecule has 1 aromatic carbocycles.